The highest BCUT2D eigenvalue weighted by molar-refractivity contribution is 5.87. The normalized spacial score (nSPS) is 31.3. The Labute approximate surface area is 173 Å². The van der Waals surface area contributed by atoms with E-state index in [2.05, 4.69) is 48.2 Å². The van der Waals surface area contributed by atoms with Crippen molar-refractivity contribution in [1.82, 2.24) is 4.90 Å². The van der Waals surface area contributed by atoms with Gasteiger partial charge in [-0.1, -0.05) is 55.5 Å². The van der Waals surface area contributed by atoms with Crippen LogP contribution < -0.4 is 0 Å². The zero-order chi connectivity index (χ0) is 20.0. The van der Waals surface area contributed by atoms with Gasteiger partial charge in [0.1, 0.15) is 0 Å². The molecule has 0 radical (unpaired) electrons. The molecule has 2 aromatic rings. The molecular weight excluding hydrogens is 358 g/mol. The van der Waals surface area contributed by atoms with Gasteiger partial charge in [-0.3, -0.25) is 0 Å². The maximum absolute atomic E-state index is 11.1. The monoisotopic (exact) mass is 387 g/mol. The molecule has 29 heavy (non-hydrogen) atoms. The van der Waals surface area contributed by atoms with Crippen molar-refractivity contribution in [3.63, 3.8) is 0 Å². The Morgan fingerprint density at radius 3 is 2.66 bits per heavy atom. The smallest absolute Gasteiger partial charge is 0.335 e. The van der Waals surface area contributed by atoms with Gasteiger partial charge in [-0.25, -0.2) is 4.79 Å². The molecule has 1 N–H and O–H groups in total. The average molecular weight is 388 g/mol. The van der Waals surface area contributed by atoms with Crippen LogP contribution in [0, 0.1) is 5.92 Å². The zero-order valence-corrected chi connectivity index (χ0v) is 17.1. The summed E-state index contributed by atoms with van der Waals surface area (Å²) in [5.41, 5.74) is 4.82. The summed E-state index contributed by atoms with van der Waals surface area (Å²) in [6.45, 7) is 4.75. The molecule has 1 spiro atoms. The summed E-state index contributed by atoms with van der Waals surface area (Å²) in [5, 5.41) is 9.12. The molecule has 0 aromatic heterocycles. The highest BCUT2D eigenvalue weighted by Crippen LogP contribution is 2.48. The number of aromatic carboxylic acids is 1. The SMILES string of the molecule is C[C@H]1CN(C2CCC(c3ccc(C(=O)O)cc3)C2)CCC12C=Cc1ccccc12. The van der Waals surface area contributed by atoms with Crippen molar-refractivity contribution in [2.75, 3.05) is 13.1 Å². The van der Waals surface area contributed by atoms with Crippen LogP contribution in [0.3, 0.4) is 0 Å². The van der Waals surface area contributed by atoms with E-state index in [-0.39, 0.29) is 5.41 Å². The minimum absolute atomic E-state index is 0.220. The number of carbonyl (C=O) groups is 1. The Kier molecular flexibility index (Phi) is 4.59. The first-order valence-electron chi connectivity index (χ1n) is 10.9. The van der Waals surface area contributed by atoms with Crippen molar-refractivity contribution in [3.8, 4) is 0 Å². The van der Waals surface area contributed by atoms with Crippen molar-refractivity contribution in [1.29, 1.82) is 0 Å². The van der Waals surface area contributed by atoms with Gasteiger partial charge in [-0.05, 0) is 72.9 Å². The van der Waals surface area contributed by atoms with Crippen molar-refractivity contribution in [2.45, 2.75) is 50.0 Å². The largest absolute Gasteiger partial charge is 0.478 e. The van der Waals surface area contributed by atoms with Gasteiger partial charge in [0.25, 0.3) is 0 Å². The van der Waals surface area contributed by atoms with E-state index in [0.717, 1.165) is 6.54 Å². The molecule has 3 nitrogen and oxygen atoms in total. The first-order chi connectivity index (χ1) is 14.1. The minimum atomic E-state index is -0.848. The lowest BCUT2D eigenvalue weighted by molar-refractivity contribution is 0.0697. The first-order valence-corrected chi connectivity index (χ1v) is 10.9. The fourth-order valence-electron chi connectivity index (χ4n) is 6.04. The van der Waals surface area contributed by atoms with Crippen LogP contribution in [0.25, 0.3) is 6.08 Å². The first kappa shape index (κ1) is 18.6. The molecule has 0 amide bonds. The number of fused-ring (bicyclic) bond motifs is 2. The quantitative estimate of drug-likeness (QED) is 0.774. The van der Waals surface area contributed by atoms with E-state index >= 15 is 0 Å². The van der Waals surface area contributed by atoms with Gasteiger partial charge in [0.05, 0.1) is 5.56 Å². The maximum atomic E-state index is 11.1. The Hall–Kier alpha value is -2.39. The second kappa shape index (κ2) is 7.14. The molecule has 2 aliphatic carbocycles. The second-order valence-electron chi connectivity index (χ2n) is 9.20. The third-order valence-electron chi connectivity index (χ3n) is 7.77. The summed E-state index contributed by atoms with van der Waals surface area (Å²) < 4.78 is 0. The van der Waals surface area contributed by atoms with Gasteiger partial charge in [-0.15, -0.1) is 0 Å². The van der Waals surface area contributed by atoms with Crippen LogP contribution in [-0.4, -0.2) is 35.1 Å². The highest BCUT2D eigenvalue weighted by atomic mass is 16.4. The van der Waals surface area contributed by atoms with E-state index in [9.17, 15) is 4.79 Å². The predicted molar refractivity (Wildman–Crippen MR) is 116 cm³/mol. The van der Waals surface area contributed by atoms with Crippen molar-refractivity contribution in [2.24, 2.45) is 5.92 Å². The molecule has 0 bridgehead atoms. The average Bonchev–Trinajstić information content (AvgIpc) is 3.37. The number of benzene rings is 2. The lowest BCUT2D eigenvalue weighted by atomic mass is 9.68. The Bertz CT molecular complexity index is 947. The number of allylic oxidation sites excluding steroid dienone is 1. The molecule has 1 saturated carbocycles. The number of carboxylic acids is 1. The molecule has 1 saturated heterocycles. The molecule has 1 aliphatic heterocycles. The van der Waals surface area contributed by atoms with E-state index in [1.165, 1.54) is 48.9 Å². The number of carboxylic acid groups (broad SMARTS) is 1. The maximum Gasteiger partial charge on any atom is 0.335 e. The number of rotatable bonds is 3. The standard InChI is InChI=1S/C26H29NO2/c1-18-17-27(15-14-26(18)13-12-20-4-2-3-5-24(20)26)23-11-10-22(16-23)19-6-8-21(9-7-19)25(28)29/h2-9,12-13,18,22-23H,10-11,14-17H2,1H3,(H,28,29)/t18-,22?,23?,26?/m0/s1. The molecule has 3 aliphatic rings. The van der Waals surface area contributed by atoms with Crippen LogP contribution in [0.5, 0.6) is 0 Å². The zero-order valence-electron chi connectivity index (χ0n) is 17.1. The molecule has 3 unspecified atom stereocenters. The van der Waals surface area contributed by atoms with Gasteiger partial charge in [-0.2, -0.15) is 0 Å². The van der Waals surface area contributed by atoms with E-state index in [0.29, 0.717) is 23.4 Å². The molecule has 5 rings (SSSR count). The summed E-state index contributed by atoms with van der Waals surface area (Å²) in [7, 11) is 0. The van der Waals surface area contributed by atoms with E-state index in [1.807, 2.05) is 12.1 Å². The Morgan fingerprint density at radius 1 is 1.10 bits per heavy atom. The van der Waals surface area contributed by atoms with Crippen molar-refractivity contribution >= 4 is 12.0 Å². The topological polar surface area (TPSA) is 40.5 Å². The second-order valence-corrected chi connectivity index (χ2v) is 9.20. The van der Waals surface area contributed by atoms with Crippen molar-refractivity contribution < 1.29 is 9.90 Å². The third-order valence-corrected chi connectivity index (χ3v) is 7.77. The number of hydrogen-bond donors (Lipinski definition) is 1. The van der Waals surface area contributed by atoms with Crippen LogP contribution in [0.15, 0.2) is 54.6 Å². The number of hydrogen-bond acceptors (Lipinski definition) is 2. The molecular formula is C26H29NO2. The summed E-state index contributed by atoms with van der Waals surface area (Å²) in [5.74, 6) is 0.325. The predicted octanol–water partition coefficient (Wildman–Crippen LogP) is 5.33. The highest BCUT2D eigenvalue weighted by Gasteiger charge is 2.45. The Morgan fingerprint density at radius 2 is 1.90 bits per heavy atom. The van der Waals surface area contributed by atoms with Gasteiger partial charge >= 0.3 is 5.97 Å². The van der Waals surface area contributed by atoms with Gasteiger partial charge < -0.3 is 10.0 Å². The lowest BCUT2D eigenvalue weighted by Crippen LogP contribution is -2.50. The summed E-state index contributed by atoms with van der Waals surface area (Å²) in [6, 6.07) is 17.1. The van der Waals surface area contributed by atoms with Crippen LogP contribution in [0.4, 0.5) is 0 Å². The van der Waals surface area contributed by atoms with Crippen molar-refractivity contribution in [3.05, 3.63) is 76.9 Å². The van der Waals surface area contributed by atoms with Crippen LogP contribution in [0.1, 0.15) is 65.6 Å². The molecule has 3 heteroatoms. The van der Waals surface area contributed by atoms with Gasteiger partial charge in [0.2, 0.25) is 0 Å². The lowest BCUT2D eigenvalue weighted by Gasteiger charge is -2.46. The Balaban J connectivity index is 1.26. The fourth-order valence-corrected chi connectivity index (χ4v) is 6.04. The van der Waals surface area contributed by atoms with Crippen LogP contribution in [0.2, 0.25) is 0 Å². The molecule has 2 aromatic carbocycles. The molecule has 1 heterocycles. The van der Waals surface area contributed by atoms with Gasteiger partial charge in [0, 0.05) is 18.0 Å². The molecule has 4 atom stereocenters. The fraction of sp³-hybridized carbons (Fsp3) is 0.423. The summed E-state index contributed by atoms with van der Waals surface area (Å²) in [4.78, 5) is 13.8. The van der Waals surface area contributed by atoms with E-state index in [4.69, 9.17) is 5.11 Å². The number of piperidine rings is 1. The summed E-state index contributed by atoms with van der Waals surface area (Å²) >= 11 is 0. The van der Waals surface area contributed by atoms with Gasteiger partial charge in [0.15, 0.2) is 0 Å². The molecule has 150 valence electrons. The number of likely N-dealkylation sites (tertiary alicyclic amines) is 1. The van der Waals surface area contributed by atoms with E-state index in [1.54, 1.807) is 12.1 Å². The third kappa shape index (κ3) is 3.12. The summed E-state index contributed by atoms with van der Waals surface area (Å²) in [6.07, 6.45) is 9.65. The minimum Gasteiger partial charge on any atom is -0.478 e. The van der Waals surface area contributed by atoms with Crippen LogP contribution >= 0.6 is 0 Å². The van der Waals surface area contributed by atoms with Crippen LogP contribution in [-0.2, 0) is 5.41 Å². The van der Waals surface area contributed by atoms with E-state index < -0.39 is 5.97 Å². The number of nitrogens with zero attached hydrogens (tertiary/aromatic N) is 1. The molecule has 2 fully saturated rings.